The number of benzene rings is 1. The second kappa shape index (κ2) is 6.40. The van der Waals surface area contributed by atoms with Gasteiger partial charge in [0.15, 0.2) is 0 Å². The number of hydrogen-bond acceptors (Lipinski definition) is 2. The summed E-state index contributed by atoms with van der Waals surface area (Å²) in [6.07, 6.45) is 0.539. The Hall–Kier alpha value is -1.35. The lowest BCUT2D eigenvalue weighted by Gasteiger charge is -2.20. The molecule has 3 nitrogen and oxygen atoms in total. The van der Waals surface area contributed by atoms with E-state index in [9.17, 15) is 4.79 Å². The summed E-state index contributed by atoms with van der Waals surface area (Å²) in [5.74, 6) is 0.151. The van der Waals surface area contributed by atoms with Gasteiger partial charge in [0.2, 0.25) is 5.91 Å². The Morgan fingerprint density at radius 3 is 2.65 bits per heavy atom. The van der Waals surface area contributed by atoms with Crippen LogP contribution in [0.4, 0.5) is 5.69 Å². The Morgan fingerprint density at radius 2 is 2.06 bits per heavy atom. The zero-order valence-corrected chi connectivity index (χ0v) is 11.2. The lowest BCUT2D eigenvalue weighted by molar-refractivity contribution is -0.118. The number of hydrogen-bond donors (Lipinski definition) is 1. The van der Waals surface area contributed by atoms with E-state index >= 15 is 0 Å². The van der Waals surface area contributed by atoms with Crippen molar-refractivity contribution in [3.63, 3.8) is 0 Å². The van der Waals surface area contributed by atoms with Crippen molar-refractivity contribution in [2.75, 3.05) is 25.0 Å². The smallest absolute Gasteiger partial charge is 0.228 e. The van der Waals surface area contributed by atoms with E-state index in [1.54, 1.807) is 4.90 Å². The molecule has 0 saturated heterocycles. The van der Waals surface area contributed by atoms with Crippen LogP contribution in [0.2, 0.25) is 0 Å². The molecule has 1 amide bonds. The molecule has 0 aliphatic carbocycles. The lowest BCUT2D eigenvalue weighted by atomic mass is 10.1. The molecule has 0 spiro atoms. The number of amides is 1. The van der Waals surface area contributed by atoms with E-state index < -0.39 is 0 Å². The number of aryl methyl sites for hydroxylation is 2. The molecule has 0 aliphatic rings. The van der Waals surface area contributed by atoms with Crippen molar-refractivity contribution in [3.05, 3.63) is 29.3 Å². The van der Waals surface area contributed by atoms with Gasteiger partial charge in [0.25, 0.3) is 0 Å². The molecule has 0 aliphatic heterocycles. The van der Waals surface area contributed by atoms with Crippen LogP contribution < -0.4 is 10.2 Å². The van der Waals surface area contributed by atoms with Gasteiger partial charge in [-0.1, -0.05) is 24.6 Å². The third-order valence-electron chi connectivity index (χ3n) is 2.85. The van der Waals surface area contributed by atoms with Crippen molar-refractivity contribution in [1.82, 2.24) is 5.32 Å². The van der Waals surface area contributed by atoms with Crippen molar-refractivity contribution in [1.29, 1.82) is 0 Å². The van der Waals surface area contributed by atoms with Crippen LogP contribution in [0, 0.1) is 13.8 Å². The molecule has 1 aromatic rings. The first-order valence-electron chi connectivity index (χ1n) is 6.10. The summed E-state index contributed by atoms with van der Waals surface area (Å²) in [7, 11) is 1.84. The van der Waals surface area contributed by atoms with E-state index in [2.05, 4.69) is 18.3 Å². The monoisotopic (exact) mass is 234 g/mol. The van der Waals surface area contributed by atoms with Crippen LogP contribution in [-0.4, -0.2) is 26.0 Å². The van der Waals surface area contributed by atoms with Crippen LogP contribution in [0.3, 0.4) is 0 Å². The molecule has 3 heteroatoms. The van der Waals surface area contributed by atoms with Crippen molar-refractivity contribution in [2.24, 2.45) is 0 Å². The second-order valence-corrected chi connectivity index (χ2v) is 4.35. The van der Waals surface area contributed by atoms with Crippen LogP contribution in [0.25, 0.3) is 0 Å². The fraction of sp³-hybridized carbons (Fsp3) is 0.500. The number of nitrogens with one attached hydrogen (secondary N) is 1. The summed E-state index contributed by atoms with van der Waals surface area (Å²) < 4.78 is 0. The zero-order valence-electron chi connectivity index (χ0n) is 11.2. The van der Waals surface area contributed by atoms with E-state index in [1.165, 1.54) is 5.56 Å². The fourth-order valence-corrected chi connectivity index (χ4v) is 1.86. The van der Waals surface area contributed by atoms with Gasteiger partial charge >= 0.3 is 0 Å². The van der Waals surface area contributed by atoms with E-state index in [1.807, 2.05) is 33.0 Å². The minimum absolute atomic E-state index is 0.151. The van der Waals surface area contributed by atoms with E-state index in [0.717, 1.165) is 24.3 Å². The molecule has 1 aromatic carbocycles. The van der Waals surface area contributed by atoms with Gasteiger partial charge in [-0.15, -0.1) is 0 Å². The SMILES string of the molecule is CCNCCC(=O)N(C)c1ccc(C)cc1C. The molecule has 0 bridgehead atoms. The number of carbonyl (C=O) groups is 1. The molecule has 0 aromatic heterocycles. The Labute approximate surface area is 104 Å². The summed E-state index contributed by atoms with van der Waals surface area (Å²) >= 11 is 0. The molecule has 94 valence electrons. The average molecular weight is 234 g/mol. The van der Waals surface area contributed by atoms with Gasteiger partial charge in [0, 0.05) is 25.7 Å². The quantitative estimate of drug-likeness (QED) is 0.793. The van der Waals surface area contributed by atoms with E-state index in [4.69, 9.17) is 0 Å². The van der Waals surface area contributed by atoms with Gasteiger partial charge in [-0.2, -0.15) is 0 Å². The molecule has 1 rings (SSSR count). The summed E-state index contributed by atoms with van der Waals surface area (Å²) in [6.45, 7) is 7.78. The molecule has 1 N–H and O–H groups in total. The molecular formula is C14H22N2O. The van der Waals surface area contributed by atoms with Crippen LogP contribution >= 0.6 is 0 Å². The topological polar surface area (TPSA) is 32.3 Å². The molecule has 0 saturated carbocycles. The summed E-state index contributed by atoms with van der Waals surface area (Å²) in [5.41, 5.74) is 3.36. The highest BCUT2D eigenvalue weighted by Gasteiger charge is 2.12. The van der Waals surface area contributed by atoms with Gasteiger partial charge in [0.1, 0.15) is 0 Å². The number of anilines is 1. The average Bonchev–Trinajstić information content (AvgIpc) is 2.28. The maximum absolute atomic E-state index is 11.9. The first kappa shape index (κ1) is 13.7. The van der Waals surface area contributed by atoms with Gasteiger partial charge in [-0.3, -0.25) is 4.79 Å². The minimum Gasteiger partial charge on any atom is -0.316 e. The maximum Gasteiger partial charge on any atom is 0.228 e. The van der Waals surface area contributed by atoms with Crippen molar-refractivity contribution in [3.8, 4) is 0 Å². The van der Waals surface area contributed by atoms with Gasteiger partial charge in [-0.25, -0.2) is 0 Å². The Morgan fingerprint density at radius 1 is 1.35 bits per heavy atom. The molecule has 0 heterocycles. The largest absolute Gasteiger partial charge is 0.316 e. The third kappa shape index (κ3) is 3.86. The normalized spacial score (nSPS) is 10.4. The van der Waals surface area contributed by atoms with Gasteiger partial charge in [0.05, 0.1) is 0 Å². The maximum atomic E-state index is 11.9. The predicted octanol–water partition coefficient (Wildman–Crippen LogP) is 2.27. The van der Waals surface area contributed by atoms with Crippen LogP contribution in [0.1, 0.15) is 24.5 Å². The number of carbonyl (C=O) groups excluding carboxylic acids is 1. The van der Waals surface area contributed by atoms with Crippen LogP contribution in [0.5, 0.6) is 0 Å². The van der Waals surface area contributed by atoms with Crippen molar-refractivity contribution >= 4 is 11.6 Å². The van der Waals surface area contributed by atoms with Crippen molar-refractivity contribution < 1.29 is 4.79 Å². The van der Waals surface area contributed by atoms with E-state index in [-0.39, 0.29) is 5.91 Å². The zero-order chi connectivity index (χ0) is 12.8. The number of nitrogens with zero attached hydrogens (tertiary/aromatic N) is 1. The molecule has 0 atom stereocenters. The molecular weight excluding hydrogens is 212 g/mol. The Bertz CT molecular complexity index is 388. The first-order chi connectivity index (χ1) is 8.06. The third-order valence-corrected chi connectivity index (χ3v) is 2.85. The Balaban J connectivity index is 2.68. The molecule has 0 radical (unpaired) electrons. The highest BCUT2D eigenvalue weighted by molar-refractivity contribution is 5.93. The van der Waals surface area contributed by atoms with Crippen LogP contribution in [0.15, 0.2) is 18.2 Å². The minimum atomic E-state index is 0.151. The number of rotatable bonds is 5. The lowest BCUT2D eigenvalue weighted by Crippen LogP contribution is -2.30. The Kier molecular flexibility index (Phi) is 5.16. The fourth-order valence-electron chi connectivity index (χ4n) is 1.86. The molecule has 0 unspecified atom stereocenters. The van der Waals surface area contributed by atoms with Gasteiger partial charge in [-0.05, 0) is 32.0 Å². The summed E-state index contributed by atoms with van der Waals surface area (Å²) in [4.78, 5) is 13.7. The first-order valence-corrected chi connectivity index (χ1v) is 6.10. The van der Waals surface area contributed by atoms with Gasteiger partial charge < -0.3 is 10.2 Å². The highest BCUT2D eigenvalue weighted by Crippen LogP contribution is 2.20. The van der Waals surface area contributed by atoms with Crippen molar-refractivity contribution in [2.45, 2.75) is 27.2 Å². The highest BCUT2D eigenvalue weighted by atomic mass is 16.2. The summed E-state index contributed by atoms with van der Waals surface area (Å²) in [6, 6.07) is 6.15. The predicted molar refractivity (Wildman–Crippen MR) is 72.5 cm³/mol. The van der Waals surface area contributed by atoms with Crippen LogP contribution in [-0.2, 0) is 4.79 Å². The second-order valence-electron chi connectivity index (χ2n) is 4.35. The van der Waals surface area contributed by atoms with E-state index in [0.29, 0.717) is 6.42 Å². The molecule has 0 fully saturated rings. The standard InChI is InChI=1S/C14H22N2O/c1-5-15-9-8-14(17)16(4)13-7-6-11(2)10-12(13)3/h6-7,10,15H,5,8-9H2,1-4H3. The molecule has 17 heavy (non-hydrogen) atoms. The summed E-state index contributed by atoms with van der Waals surface area (Å²) in [5, 5.41) is 3.16.